The first-order valence-electron chi connectivity index (χ1n) is 16.1. The highest BCUT2D eigenvalue weighted by atomic mass is 16.2. The highest BCUT2D eigenvalue weighted by molar-refractivity contribution is 5.90. The summed E-state index contributed by atoms with van der Waals surface area (Å²) in [6.45, 7) is 4.55. The average Bonchev–Trinajstić information content (AvgIpc) is 3.59. The topological polar surface area (TPSA) is 91.3 Å². The van der Waals surface area contributed by atoms with E-state index < -0.39 is 0 Å². The average molecular weight is 541 g/mol. The fourth-order valence-corrected chi connectivity index (χ4v) is 8.13. The Morgan fingerprint density at radius 2 is 1.77 bits per heavy atom. The van der Waals surface area contributed by atoms with E-state index in [1.165, 1.54) is 57.8 Å². The second kappa shape index (κ2) is 13.6. The molecule has 39 heavy (non-hydrogen) atoms. The van der Waals surface area contributed by atoms with Crippen molar-refractivity contribution in [3.8, 4) is 0 Å². The molecule has 1 aliphatic carbocycles. The van der Waals surface area contributed by atoms with Crippen LogP contribution in [0.2, 0.25) is 0 Å². The van der Waals surface area contributed by atoms with Gasteiger partial charge in [0.25, 0.3) is 5.91 Å². The van der Waals surface area contributed by atoms with E-state index in [-0.39, 0.29) is 23.3 Å². The molecule has 3 atom stereocenters. The van der Waals surface area contributed by atoms with Gasteiger partial charge in [-0.2, -0.15) is 0 Å². The van der Waals surface area contributed by atoms with Crippen molar-refractivity contribution < 1.29 is 9.59 Å². The molecule has 3 aliphatic heterocycles. The highest BCUT2D eigenvalue weighted by Gasteiger charge is 2.53. The number of carbonyl (C=O) groups is 2. The van der Waals surface area contributed by atoms with Gasteiger partial charge < -0.3 is 25.4 Å². The summed E-state index contributed by atoms with van der Waals surface area (Å²) in [5.74, 6) is 2.21. The van der Waals surface area contributed by atoms with Crippen LogP contribution in [-0.4, -0.2) is 71.1 Å². The molecule has 1 saturated carbocycles. The Hall–Kier alpha value is -1.93. The van der Waals surface area contributed by atoms with E-state index in [2.05, 4.69) is 20.9 Å². The van der Waals surface area contributed by atoms with Crippen molar-refractivity contribution in [2.45, 2.75) is 108 Å². The number of nitrogens with zero attached hydrogens (tertiary/aromatic N) is 3. The minimum atomic E-state index is -0.0388. The van der Waals surface area contributed by atoms with Crippen molar-refractivity contribution in [2.75, 3.05) is 32.7 Å². The van der Waals surface area contributed by atoms with Gasteiger partial charge >= 0.3 is 0 Å². The second-order valence-corrected chi connectivity index (χ2v) is 13.0. The molecule has 3 unspecified atom stereocenters. The molecule has 5 rings (SSSR count). The first-order valence-corrected chi connectivity index (χ1v) is 16.1. The molecule has 1 aromatic heterocycles. The Labute approximate surface area is 235 Å². The van der Waals surface area contributed by atoms with Crippen molar-refractivity contribution in [1.29, 1.82) is 0 Å². The SMILES string of the molecule is Cn1ccnc1C(=O)N1CCC(CCCCNC(=O)C2CC3(C4CCCCCCCC4)CNCCC3N2)CC1. The molecule has 4 aliphatic rings. The minimum Gasteiger partial charge on any atom is -0.355 e. The molecule has 1 aromatic rings. The third-order valence-electron chi connectivity index (χ3n) is 10.5. The van der Waals surface area contributed by atoms with Crippen molar-refractivity contribution >= 4 is 11.8 Å². The molecule has 3 N–H and O–H groups in total. The second-order valence-electron chi connectivity index (χ2n) is 13.0. The lowest BCUT2D eigenvalue weighted by molar-refractivity contribution is -0.123. The van der Waals surface area contributed by atoms with Gasteiger partial charge in [0.15, 0.2) is 5.82 Å². The third kappa shape index (κ3) is 6.87. The van der Waals surface area contributed by atoms with Gasteiger partial charge in [0.1, 0.15) is 0 Å². The molecule has 0 radical (unpaired) electrons. The van der Waals surface area contributed by atoms with Gasteiger partial charge in [0.05, 0.1) is 6.04 Å². The summed E-state index contributed by atoms with van der Waals surface area (Å²) in [7, 11) is 1.87. The lowest BCUT2D eigenvalue weighted by Gasteiger charge is -2.45. The fraction of sp³-hybridized carbons (Fsp3) is 0.839. The zero-order valence-electron chi connectivity index (χ0n) is 24.3. The molecule has 218 valence electrons. The predicted molar refractivity (Wildman–Crippen MR) is 154 cm³/mol. The van der Waals surface area contributed by atoms with E-state index in [9.17, 15) is 9.59 Å². The normalized spacial score (nSPS) is 29.3. The van der Waals surface area contributed by atoms with E-state index in [1.54, 1.807) is 10.8 Å². The molecular weight excluding hydrogens is 488 g/mol. The number of carbonyl (C=O) groups excluding carboxylic acids is 2. The summed E-state index contributed by atoms with van der Waals surface area (Å²) >= 11 is 0. The number of hydrogen-bond acceptors (Lipinski definition) is 5. The molecule has 0 aromatic carbocycles. The van der Waals surface area contributed by atoms with E-state index in [0.29, 0.717) is 17.8 Å². The van der Waals surface area contributed by atoms with E-state index in [1.807, 2.05) is 18.1 Å². The highest BCUT2D eigenvalue weighted by Crippen LogP contribution is 2.48. The molecule has 8 heteroatoms. The zero-order chi connectivity index (χ0) is 27.1. The summed E-state index contributed by atoms with van der Waals surface area (Å²) in [4.78, 5) is 32.1. The van der Waals surface area contributed by atoms with Crippen LogP contribution in [0.1, 0.15) is 107 Å². The maximum Gasteiger partial charge on any atom is 0.289 e. The van der Waals surface area contributed by atoms with Crippen LogP contribution in [0.4, 0.5) is 0 Å². The van der Waals surface area contributed by atoms with E-state index in [4.69, 9.17) is 0 Å². The number of fused-ring (bicyclic) bond motifs is 1. The molecular formula is C31H52N6O2. The Bertz CT molecular complexity index is 931. The van der Waals surface area contributed by atoms with Gasteiger partial charge in [-0.15, -0.1) is 0 Å². The van der Waals surface area contributed by atoms with Crippen molar-refractivity contribution in [3.05, 3.63) is 18.2 Å². The maximum atomic E-state index is 13.2. The molecule has 0 spiro atoms. The van der Waals surface area contributed by atoms with Gasteiger partial charge in [-0.1, -0.05) is 51.4 Å². The number of aryl methyl sites for hydroxylation is 1. The third-order valence-corrected chi connectivity index (χ3v) is 10.5. The molecule has 4 heterocycles. The summed E-state index contributed by atoms with van der Waals surface area (Å²) in [5, 5.41) is 10.8. The number of imidazole rings is 1. The minimum absolute atomic E-state index is 0.0388. The van der Waals surface area contributed by atoms with Gasteiger partial charge in [0.2, 0.25) is 5.91 Å². The quantitative estimate of drug-likeness (QED) is 0.433. The van der Waals surface area contributed by atoms with Crippen LogP contribution in [-0.2, 0) is 11.8 Å². The zero-order valence-corrected chi connectivity index (χ0v) is 24.3. The summed E-state index contributed by atoms with van der Waals surface area (Å²) in [5.41, 5.74) is 0.247. The molecule has 2 amide bonds. The van der Waals surface area contributed by atoms with Crippen LogP contribution in [0.5, 0.6) is 0 Å². The van der Waals surface area contributed by atoms with Crippen molar-refractivity contribution in [3.63, 3.8) is 0 Å². The van der Waals surface area contributed by atoms with Gasteiger partial charge in [-0.3, -0.25) is 9.59 Å². The van der Waals surface area contributed by atoms with Gasteiger partial charge in [-0.25, -0.2) is 4.98 Å². The van der Waals surface area contributed by atoms with Crippen molar-refractivity contribution in [2.24, 2.45) is 24.3 Å². The monoisotopic (exact) mass is 540 g/mol. The smallest absolute Gasteiger partial charge is 0.289 e. The van der Waals surface area contributed by atoms with E-state index >= 15 is 0 Å². The number of nitrogens with one attached hydrogen (secondary N) is 3. The Kier molecular flexibility index (Phi) is 9.99. The first kappa shape index (κ1) is 28.6. The number of likely N-dealkylation sites (tertiary alicyclic amines) is 1. The van der Waals surface area contributed by atoms with Crippen LogP contribution in [0.15, 0.2) is 12.4 Å². The fourth-order valence-electron chi connectivity index (χ4n) is 8.13. The summed E-state index contributed by atoms with van der Waals surface area (Å²) in [6.07, 6.45) is 22.1. The van der Waals surface area contributed by atoms with Crippen LogP contribution < -0.4 is 16.0 Å². The van der Waals surface area contributed by atoms with Crippen LogP contribution in [0.25, 0.3) is 0 Å². The van der Waals surface area contributed by atoms with Crippen molar-refractivity contribution in [1.82, 2.24) is 30.4 Å². The maximum absolute atomic E-state index is 13.2. The lowest BCUT2D eigenvalue weighted by Crippen LogP contribution is -2.54. The number of rotatable bonds is 8. The van der Waals surface area contributed by atoms with Crippen LogP contribution in [0, 0.1) is 17.3 Å². The molecule has 0 bridgehead atoms. The Morgan fingerprint density at radius 1 is 1.03 bits per heavy atom. The largest absolute Gasteiger partial charge is 0.355 e. The molecule has 4 fully saturated rings. The Balaban J connectivity index is 1.02. The first-order chi connectivity index (χ1) is 19.1. The van der Waals surface area contributed by atoms with Crippen LogP contribution in [0.3, 0.4) is 0 Å². The number of piperidine rings is 2. The number of hydrogen-bond donors (Lipinski definition) is 3. The molecule has 8 nitrogen and oxygen atoms in total. The number of unbranched alkanes of at least 4 members (excludes halogenated alkanes) is 1. The summed E-state index contributed by atoms with van der Waals surface area (Å²) in [6, 6.07) is 0.443. The number of amides is 2. The van der Waals surface area contributed by atoms with Gasteiger partial charge in [-0.05, 0) is 63.3 Å². The van der Waals surface area contributed by atoms with Crippen LogP contribution >= 0.6 is 0 Å². The Morgan fingerprint density at radius 3 is 2.49 bits per heavy atom. The standard InChI is InChI=1S/C31H52N6O2/c1-36-21-18-33-28(36)30(39)37-19-14-24(15-20-37)10-8-9-16-34-29(38)26-22-31(23-32-17-13-27(31)35-26)25-11-6-4-2-3-5-7-12-25/h18,21,24-27,32,35H,2-17,19-20,22-23H2,1H3,(H,34,38). The number of aromatic nitrogens is 2. The van der Waals surface area contributed by atoms with Gasteiger partial charge in [0, 0.05) is 57.1 Å². The van der Waals surface area contributed by atoms with E-state index in [0.717, 1.165) is 77.2 Å². The summed E-state index contributed by atoms with van der Waals surface area (Å²) < 4.78 is 1.80. The lowest BCUT2D eigenvalue weighted by atomic mass is 9.64. The predicted octanol–water partition coefficient (Wildman–Crippen LogP) is 4.02. The molecule has 3 saturated heterocycles.